The SMILES string of the molecule is c1cn(CCOC2CCCCO2)cn1. The number of imidazole rings is 1. The Labute approximate surface area is 83.8 Å². The predicted molar refractivity (Wildman–Crippen MR) is 51.8 cm³/mol. The fourth-order valence-corrected chi connectivity index (χ4v) is 1.55. The highest BCUT2D eigenvalue weighted by Crippen LogP contribution is 2.13. The van der Waals surface area contributed by atoms with Crippen LogP contribution in [0.3, 0.4) is 0 Å². The molecule has 0 amide bonds. The maximum Gasteiger partial charge on any atom is 0.157 e. The van der Waals surface area contributed by atoms with Crippen molar-refractivity contribution >= 4 is 0 Å². The standard InChI is InChI=1S/C10H16N2O2/c1-2-7-13-10(3-1)14-8-6-12-5-4-11-9-12/h4-5,9-10H,1-3,6-8H2. The van der Waals surface area contributed by atoms with Gasteiger partial charge in [-0.3, -0.25) is 0 Å². The van der Waals surface area contributed by atoms with Gasteiger partial charge in [0.05, 0.1) is 12.9 Å². The fourth-order valence-electron chi connectivity index (χ4n) is 1.55. The molecule has 1 aliphatic heterocycles. The molecule has 0 aliphatic carbocycles. The van der Waals surface area contributed by atoms with Crippen molar-refractivity contribution in [2.24, 2.45) is 0 Å². The lowest BCUT2D eigenvalue weighted by Crippen LogP contribution is -2.23. The molecule has 14 heavy (non-hydrogen) atoms. The van der Waals surface area contributed by atoms with E-state index in [0.717, 1.165) is 19.6 Å². The molecule has 1 saturated heterocycles. The molecule has 4 nitrogen and oxygen atoms in total. The highest BCUT2D eigenvalue weighted by atomic mass is 16.7. The van der Waals surface area contributed by atoms with Crippen molar-refractivity contribution in [2.75, 3.05) is 13.2 Å². The molecule has 1 aliphatic rings. The number of aromatic nitrogens is 2. The number of hydrogen-bond acceptors (Lipinski definition) is 3. The van der Waals surface area contributed by atoms with Gasteiger partial charge in [0.25, 0.3) is 0 Å². The highest BCUT2D eigenvalue weighted by Gasteiger charge is 2.13. The van der Waals surface area contributed by atoms with Crippen molar-refractivity contribution in [1.82, 2.24) is 9.55 Å². The molecule has 0 saturated carbocycles. The van der Waals surface area contributed by atoms with Gasteiger partial charge < -0.3 is 14.0 Å². The van der Waals surface area contributed by atoms with E-state index in [0.29, 0.717) is 6.61 Å². The first-order chi connectivity index (χ1) is 6.95. The Morgan fingerprint density at radius 3 is 3.21 bits per heavy atom. The quantitative estimate of drug-likeness (QED) is 0.730. The summed E-state index contributed by atoms with van der Waals surface area (Å²) in [6.07, 6.45) is 8.95. The van der Waals surface area contributed by atoms with E-state index >= 15 is 0 Å². The van der Waals surface area contributed by atoms with Crippen LogP contribution in [0.1, 0.15) is 19.3 Å². The lowest BCUT2D eigenvalue weighted by Gasteiger charge is -2.22. The van der Waals surface area contributed by atoms with Crippen LogP contribution in [-0.2, 0) is 16.0 Å². The largest absolute Gasteiger partial charge is 0.353 e. The smallest absolute Gasteiger partial charge is 0.157 e. The van der Waals surface area contributed by atoms with E-state index in [1.54, 1.807) is 12.5 Å². The third kappa shape index (κ3) is 2.82. The number of rotatable bonds is 4. The van der Waals surface area contributed by atoms with Crippen LogP contribution in [0.25, 0.3) is 0 Å². The summed E-state index contributed by atoms with van der Waals surface area (Å²) >= 11 is 0. The van der Waals surface area contributed by atoms with Gasteiger partial charge in [-0.1, -0.05) is 0 Å². The number of hydrogen-bond donors (Lipinski definition) is 0. The normalized spacial score (nSPS) is 22.4. The molecule has 0 N–H and O–H groups in total. The van der Waals surface area contributed by atoms with Gasteiger partial charge >= 0.3 is 0 Å². The van der Waals surface area contributed by atoms with Gasteiger partial charge in [-0.15, -0.1) is 0 Å². The van der Waals surface area contributed by atoms with Crippen LogP contribution < -0.4 is 0 Å². The van der Waals surface area contributed by atoms with Crippen LogP contribution >= 0.6 is 0 Å². The van der Waals surface area contributed by atoms with Crippen LogP contribution in [0.5, 0.6) is 0 Å². The molecule has 4 heteroatoms. The van der Waals surface area contributed by atoms with Crippen LogP contribution in [-0.4, -0.2) is 29.1 Å². The van der Waals surface area contributed by atoms with Crippen molar-refractivity contribution in [3.05, 3.63) is 18.7 Å². The first-order valence-electron chi connectivity index (χ1n) is 5.14. The molecular formula is C10H16N2O2. The van der Waals surface area contributed by atoms with Crippen molar-refractivity contribution in [2.45, 2.75) is 32.1 Å². The summed E-state index contributed by atoms with van der Waals surface area (Å²) in [6.45, 7) is 2.39. The monoisotopic (exact) mass is 196 g/mol. The fraction of sp³-hybridized carbons (Fsp3) is 0.700. The average Bonchev–Trinajstić information content (AvgIpc) is 2.72. The Morgan fingerprint density at radius 1 is 1.50 bits per heavy atom. The maximum atomic E-state index is 5.59. The number of nitrogens with zero attached hydrogens (tertiary/aromatic N) is 2. The third-order valence-electron chi connectivity index (χ3n) is 2.35. The molecule has 0 spiro atoms. The first kappa shape index (κ1) is 9.68. The molecule has 1 aromatic rings. The average molecular weight is 196 g/mol. The van der Waals surface area contributed by atoms with Crippen molar-refractivity contribution in [3.63, 3.8) is 0 Å². The van der Waals surface area contributed by atoms with Crippen molar-refractivity contribution in [3.8, 4) is 0 Å². The van der Waals surface area contributed by atoms with Crippen LogP contribution in [0, 0.1) is 0 Å². The molecule has 78 valence electrons. The Balaban J connectivity index is 1.62. The summed E-state index contributed by atoms with van der Waals surface area (Å²) in [7, 11) is 0. The van der Waals surface area contributed by atoms with Gasteiger partial charge in [-0.2, -0.15) is 0 Å². The predicted octanol–water partition coefficient (Wildman–Crippen LogP) is 1.43. The zero-order chi connectivity index (χ0) is 9.64. The molecule has 2 rings (SSSR count). The molecule has 0 bridgehead atoms. The molecular weight excluding hydrogens is 180 g/mol. The van der Waals surface area contributed by atoms with E-state index in [1.165, 1.54) is 12.8 Å². The third-order valence-corrected chi connectivity index (χ3v) is 2.35. The second kappa shape index (κ2) is 5.12. The van der Waals surface area contributed by atoms with Gasteiger partial charge in [0.2, 0.25) is 0 Å². The lowest BCUT2D eigenvalue weighted by atomic mass is 10.2. The van der Waals surface area contributed by atoms with Gasteiger partial charge in [-0.05, 0) is 19.3 Å². The minimum absolute atomic E-state index is 0.0206. The molecule has 2 heterocycles. The molecule has 1 fully saturated rings. The number of ether oxygens (including phenoxy) is 2. The van der Waals surface area contributed by atoms with E-state index in [2.05, 4.69) is 4.98 Å². The van der Waals surface area contributed by atoms with E-state index in [9.17, 15) is 0 Å². The Hall–Kier alpha value is -0.870. The van der Waals surface area contributed by atoms with Gasteiger partial charge in [0.15, 0.2) is 6.29 Å². The highest BCUT2D eigenvalue weighted by molar-refractivity contribution is 4.73. The molecule has 1 aromatic heterocycles. The topological polar surface area (TPSA) is 36.3 Å². The van der Waals surface area contributed by atoms with E-state index in [-0.39, 0.29) is 6.29 Å². The van der Waals surface area contributed by atoms with Crippen molar-refractivity contribution < 1.29 is 9.47 Å². The minimum Gasteiger partial charge on any atom is -0.353 e. The zero-order valence-corrected chi connectivity index (χ0v) is 8.26. The Bertz CT molecular complexity index is 243. The second-order valence-corrected chi connectivity index (χ2v) is 3.47. The van der Waals surface area contributed by atoms with Crippen LogP contribution in [0.2, 0.25) is 0 Å². The maximum absolute atomic E-state index is 5.59. The first-order valence-corrected chi connectivity index (χ1v) is 5.14. The van der Waals surface area contributed by atoms with Gasteiger partial charge in [-0.25, -0.2) is 4.98 Å². The van der Waals surface area contributed by atoms with E-state index < -0.39 is 0 Å². The molecule has 1 atom stereocenters. The van der Waals surface area contributed by atoms with E-state index in [1.807, 2.05) is 10.8 Å². The summed E-state index contributed by atoms with van der Waals surface area (Å²) in [5, 5.41) is 0. The summed E-state index contributed by atoms with van der Waals surface area (Å²) in [5.74, 6) is 0. The lowest BCUT2D eigenvalue weighted by molar-refractivity contribution is -0.163. The Morgan fingerprint density at radius 2 is 2.50 bits per heavy atom. The summed E-state index contributed by atoms with van der Waals surface area (Å²) in [4.78, 5) is 3.96. The van der Waals surface area contributed by atoms with E-state index in [4.69, 9.17) is 9.47 Å². The van der Waals surface area contributed by atoms with Gasteiger partial charge in [0.1, 0.15) is 0 Å². The summed E-state index contributed by atoms with van der Waals surface area (Å²) < 4.78 is 13.0. The molecule has 0 aromatic carbocycles. The minimum atomic E-state index is 0.0206. The van der Waals surface area contributed by atoms with Crippen LogP contribution in [0.4, 0.5) is 0 Å². The Kier molecular flexibility index (Phi) is 3.54. The van der Waals surface area contributed by atoms with Gasteiger partial charge in [0, 0.05) is 25.5 Å². The summed E-state index contributed by atoms with van der Waals surface area (Å²) in [6, 6.07) is 0. The zero-order valence-electron chi connectivity index (χ0n) is 8.26. The molecule has 0 radical (unpaired) electrons. The summed E-state index contributed by atoms with van der Waals surface area (Å²) in [5.41, 5.74) is 0. The second-order valence-electron chi connectivity index (χ2n) is 3.47. The molecule has 1 unspecified atom stereocenters. The van der Waals surface area contributed by atoms with Crippen molar-refractivity contribution in [1.29, 1.82) is 0 Å². The van der Waals surface area contributed by atoms with Crippen LogP contribution in [0.15, 0.2) is 18.7 Å².